The fraction of sp³-hybridized carbons (Fsp3) is 0.280. The number of aromatic amines is 1. The molecule has 0 atom stereocenters. The van der Waals surface area contributed by atoms with E-state index in [4.69, 9.17) is 4.74 Å². The van der Waals surface area contributed by atoms with E-state index in [9.17, 15) is 9.90 Å². The van der Waals surface area contributed by atoms with Gasteiger partial charge in [-0.15, -0.1) is 10.2 Å². The molecule has 4 aromatic rings. The highest BCUT2D eigenvalue weighted by molar-refractivity contribution is 7.99. The summed E-state index contributed by atoms with van der Waals surface area (Å²) >= 11 is 1.27. The molecule has 4 rings (SSSR count). The predicted octanol–water partition coefficient (Wildman–Crippen LogP) is 4.89. The molecule has 0 aliphatic heterocycles. The first-order chi connectivity index (χ1) is 16.2. The van der Waals surface area contributed by atoms with Crippen molar-refractivity contribution in [3.05, 3.63) is 65.7 Å². The van der Waals surface area contributed by atoms with Crippen LogP contribution in [0.4, 0.5) is 0 Å². The van der Waals surface area contributed by atoms with Crippen molar-refractivity contribution in [3.63, 3.8) is 0 Å². The zero-order valence-electron chi connectivity index (χ0n) is 19.8. The number of benzene rings is 2. The summed E-state index contributed by atoms with van der Waals surface area (Å²) in [6.07, 6.45) is 0. The van der Waals surface area contributed by atoms with Gasteiger partial charge < -0.3 is 19.4 Å². The van der Waals surface area contributed by atoms with Gasteiger partial charge >= 0.3 is 5.97 Å². The van der Waals surface area contributed by atoms with E-state index in [1.54, 1.807) is 0 Å². The molecule has 0 spiro atoms. The molecular formula is C25H27N5O3S. The maximum atomic E-state index is 12.5. The Kier molecular flexibility index (Phi) is 6.47. The summed E-state index contributed by atoms with van der Waals surface area (Å²) in [4.78, 5) is 20.0. The maximum absolute atomic E-state index is 12.5. The quantitative estimate of drug-likeness (QED) is 0.176. The van der Waals surface area contributed by atoms with Crippen molar-refractivity contribution in [2.75, 3.05) is 12.9 Å². The molecule has 9 heteroatoms. The van der Waals surface area contributed by atoms with E-state index in [0.717, 1.165) is 16.9 Å². The number of carbonyl (C=O) groups is 1. The summed E-state index contributed by atoms with van der Waals surface area (Å²) in [6.45, 7) is 6.52. The van der Waals surface area contributed by atoms with Gasteiger partial charge in [-0.05, 0) is 23.1 Å². The average molecular weight is 478 g/mol. The molecule has 0 unspecified atom stereocenters. The molecule has 2 heterocycles. The first kappa shape index (κ1) is 23.6. The van der Waals surface area contributed by atoms with Crippen molar-refractivity contribution in [1.82, 2.24) is 24.7 Å². The largest absolute Gasteiger partial charge is 0.510 e. The number of methoxy groups -OCH3 is 1. The Hall–Kier alpha value is -3.59. The lowest BCUT2D eigenvalue weighted by Gasteiger charge is -2.19. The monoisotopic (exact) mass is 477 g/mol. The Morgan fingerprint density at radius 2 is 1.82 bits per heavy atom. The molecule has 0 saturated heterocycles. The molecule has 0 saturated carbocycles. The fourth-order valence-electron chi connectivity index (χ4n) is 3.54. The molecule has 2 aromatic heterocycles. The van der Waals surface area contributed by atoms with Crippen LogP contribution in [0.25, 0.3) is 28.0 Å². The third-order valence-electron chi connectivity index (χ3n) is 5.49. The van der Waals surface area contributed by atoms with E-state index in [0.29, 0.717) is 10.7 Å². The molecule has 0 bridgehead atoms. The molecule has 2 aromatic carbocycles. The van der Waals surface area contributed by atoms with Gasteiger partial charge in [0.2, 0.25) is 0 Å². The minimum Gasteiger partial charge on any atom is -0.510 e. The normalized spacial score (nSPS) is 12.6. The number of thioether (sulfide) groups is 1. The number of nitrogens with one attached hydrogen (secondary N) is 1. The number of para-hydroxylation sites is 2. The van der Waals surface area contributed by atoms with E-state index in [1.807, 2.05) is 48.0 Å². The van der Waals surface area contributed by atoms with Crippen LogP contribution in [0.1, 0.15) is 32.2 Å². The van der Waals surface area contributed by atoms with Crippen molar-refractivity contribution >= 4 is 34.3 Å². The summed E-state index contributed by atoms with van der Waals surface area (Å²) < 4.78 is 6.76. The number of imidazole rings is 1. The number of aliphatic hydroxyl groups is 1. The average Bonchev–Trinajstić information content (AvgIpc) is 3.40. The second-order valence-corrected chi connectivity index (χ2v) is 9.84. The van der Waals surface area contributed by atoms with E-state index in [2.05, 4.69) is 53.1 Å². The Bertz CT molecular complexity index is 1330. The standard InChI is InChI=1S/C25H27N5O3S/c1-25(2,3)16-12-10-15(11-13-16)22-28-29-24(30(22)4)34-14-19(31)20(23(32)33-5)21-26-17-8-6-7-9-18(17)27-21/h6-13,31H,14H2,1-5H3,(H,26,27)/b20-19+. The van der Waals surface area contributed by atoms with Crippen molar-refractivity contribution in [3.8, 4) is 11.4 Å². The van der Waals surface area contributed by atoms with Gasteiger partial charge in [0.05, 0.1) is 23.9 Å². The first-order valence-electron chi connectivity index (χ1n) is 10.8. The van der Waals surface area contributed by atoms with Crippen LogP contribution in [0.15, 0.2) is 59.4 Å². The number of rotatable bonds is 6. The molecule has 0 aliphatic carbocycles. The molecular weight excluding hydrogens is 450 g/mol. The molecule has 8 nitrogen and oxygen atoms in total. The number of ether oxygens (including phenoxy) is 1. The van der Waals surface area contributed by atoms with Crippen LogP contribution in [0.3, 0.4) is 0 Å². The molecule has 0 amide bonds. The van der Waals surface area contributed by atoms with Gasteiger partial charge in [0.25, 0.3) is 0 Å². The van der Waals surface area contributed by atoms with Gasteiger partial charge in [0.1, 0.15) is 17.2 Å². The highest BCUT2D eigenvalue weighted by Crippen LogP contribution is 2.29. The van der Waals surface area contributed by atoms with Crippen molar-refractivity contribution in [1.29, 1.82) is 0 Å². The fourth-order valence-corrected chi connectivity index (χ4v) is 4.33. The first-order valence-corrected chi connectivity index (χ1v) is 11.8. The third kappa shape index (κ3) is 4.70. The van der Waals surface area contributed by atoms with Gasteiger partial charge in [0, 0.05) is 12.6 Å². The van der Waals surface area contributed by atoms with E-state index >= 15 is 0 Å². The predicted molar refractivity (Wildman–Crippen MR) is 134 cm³/mol. The van der Waals surface area contributed by atoms with Crippen LogP contribution in [0.2, 0.25) is 0 Å². The van der Waals surface area contributed by atoms with E-state index in [1.165, 1.54) is 24.4 Å². The minimum absolute atomic E-state index is 0.00800. The Balaban J connectivity index is 1.58. The molecule has 0 radical (unpaired) electrons. The van der Waals surface area contributed by atoms with E-state index in [-0.39, 0.29) is 28.3 Å². The van der Waals surface area contributed by atoms with Gasteiger partial charge in [-0.3, -0.25) is 0 Å². The number of nitrogens with zero attached hydrogens (tertiary/aromatic N) is 4. The van der Waals surface area contributed by atoms with Gasteiger partial charge in [0.15, 0.2) is 11.0 Å². The number of fused-ring (bicyclic) bond motifs is 1. The lowest BCUT2D eigenvalue weighted by atomic mass is 9.87. The van der Waals surface area contributed by atoms with Crippen LogP contribution < -0.4 is 0 Å². The Labute approximate surface area is 202 Å². The number of H-pyrrole nitrogens is 1. The van der Waals surface area contributed by atoms with Gasteiger partial charge in [-0.25, -0.2) is 9.78 Å². The van der Waals surface area contributed by atoms with Crippen LogP contribution in [0.5, 0.6) is 0 Å². The van der Waals surface area contributed by atoms with Gasteiger partial charge in [-0.1, -0.05) is 68.9 Å². The van der Waals surface area contributed by atoms with Crippen molar-refractivity contribution < 1.29 is 14.6 Å². The molecule has 2 N–H and O–H groups in total. The van der Waals surface area contributed by atoms with Crippen LogP contribution >= 0.6 is 11.8 Å². The zero-order chi connectivity index (χ0) is 24.5. The van der Waals surface area contributed by atoms with Crippen molar-refractivity contribution in [2.24, 2.45) is 7.05 Å². The third-order valence-corrected chi connectivity index (χ3v) is 6.52. The second-order valence-electron chi connectivity index (χ2n) is 8.90. The second kappa shape index (κ2) is 9.34. The molecule has 176 valence electrons. The smallest absolute Gasteiger partial charge is 0.345 e. The number of hydrogen-bond donors (Lipinski definition) is 2. The Morgan fingerprint density at radius 1 is 1.12 bits per heavy atom. The number of aliphatic hydroxyl groups excluding tert-OH is 1. The zero-order valence-corrected chi connectivity index (χ0v) is 20.6. The summed E-state index contributed by atoms with van der Waals surface area (Å²) in [6, 6.07) is 15.7. The summed E-state index contributed by atoms with van der Waals surface area (Å²) in [5.74, 6) is 0.238. The molecule has 0 fully saturated rings. The highest BCUT2D eigenvalue weighted by atomic mass is 32.2. The maximum Gasteiger partial charge on any atom is 0.345 e. The SMILES string of the molecule is COC(=O)/C(=C(/O)CSc1nnc(-c2ccc(C(C)(C)C)cc2)n1C)c1nc2ccccc2[nH]1. The molecule has 34 heavy (non-hydrogen) atoms. The van der Waals surface area contributed by atoms with Gasteiger partial charge in [-0.2, -0.15) is 0 Å². The van der Waals surface area contributed by atoms with E-state index < -0.39 is 5.97 Å². The number of hydrogen-bond acceptors (Lipinski definition) is 7. The lowest BCUT2D eigenvalue weighted by molar-refractivity contribution is -0.133. The van der Waals surface area contributed by atoms with Crippen LogP contribution in [-0.2, 0) is 22.0 Å². The Morgan fingerprint density at radius 3 is 2.47 bits per heavy atom. The lowest BCUT2D eigenvalue weighted by Crippen LogP contribution is -2.10. The van der Waals surface area contributed by atoms with Crippen LogP contribution in [0, 0.1) is 0 Å². The number of carbonyl (C=O) groups excluding carboxylic acids is 1. The van der Waals surface area contributed by atoms with Crippen LogP contribution in [-0.4, -0.2) is 48.7 Å². The minimum atomic E-state index is -0.672. The summed E-state index contributed by atoms with van der Waals surface area (Å²) in [5.41, 5.74) is 3.70. The molecule has 0 aliphatic rings. The summed E-state index contributed by atoms with van der Waals surface area (Å²) in [7, 11) is 3.14. The summed E-state index contributed by atoms with van der Waals surface area (Å²) in [5, 5.41) is 20.0. The van der Waals surface area contributed by atoms with Crippen molar-refractivity contribution in [2.45, 2.75) is 31.3 Å². The highest BCUT2D eigenvalue weighted by Gasteiger charge is 2.23. The topological polar surface area (TPSA) is 106 Å². The number of aromatic nitrogens is 5. The number of esters is 1.